The molecule has 0 bridgehead atoms. The van der Waals surface area contributed by atoms with E-state index in [0.717, 1.165) is 5.56 Å². The summed E-state index contributed by atoms with van der Waals surface area (Å²) in [6.07, 6.45) is 0.142. The van der Waals surface area contributed by atoms with E-state index in [9.17, 15) is 9.59 Å². The van der Waals surface area contributed by atoms with Gasteiger partial charge in [-0.3, -0.25) is 9.89 Å². The smallest absolute Gasteiger partial charge is 0.353 e. The maximum atomic E-state index is 11.6. The van der Waals surface area contributed by atoms with Crippen LogP contribution >= 0.6 is 0 Å². The van der Waals surface area contributed by atoms with E-state index in [1.807, 2.05) is 31.2 Å². The van der Waals surface area contributed by atoms with Gasteiger partial charge in [-0.05, 0) is 19.1 Å². The Bertz CT molecular complexity index is 634. The first-order chi connectivity index (χ1) is 10.0. The van der Waals surface area contributed by atoms with Crippen LogP contribution in [0, 0.1) is 6.92 Å². The van der Waals surface area contributed by atoms with Crippen LogP contribution in [0.3, 0.4) is 0 Å². The first-order valence-electron chi connectivity index (χ1n) is 6.32. The van der Waals surface area contributed by atoms with Gasteiger partial charge in [0.25, 0.3) is 0 Å². The summed E-state index contributed by atoms with van der Waals surface area (Å²) in [5, 5.41) is 17.2. The molecule has 3 N–H and O–H groups in total. The lowest BCUT2D eigenvalue weighted by Crippen LogP contribution is -2.15. The summed E-state index contributed by atoms with van der Waals surface area (Å²) in [4.78, 5) is 22.3. The molecule has 7 heteroatoms. The lowest BCUT2D eigenvalue weighted by molar-refractivity contribution is -0.116. The number of benzene rings is 1. The highest BCUT2D eigenvalue weighted by Gasteiger charge is 2.10. The molecule has 0 aliphatic rings. The summed E-state index contributed by atoms with van der Waals surface area (Å²) in [7, 11) is 0. The number of aryl methyl sites for hydroxylation is 1. The molecule has 0 saturated carbocycles. The van der Waals surface area contributed by atoms with Crippen LogP contribution in [-0.4, -0.2) is 33.8 Å². The summed E-state index contributed by atoms with van der Waals surface area (Å²) in [5.74, 6) is -0.565. The Hall–Kier alpha value is -2.83. The van der Waals surface area contributed by atoms with Gasteiger partial charge in [-0.25, -0.2) is 4.79 Å². The molecule has 0 saturated heterocycles. The highest BCUT2D eigenvalue weighted by Crippen LogP contribution is 2.12. The SMILES string of the molecule is Cc1ccc(OCCC(=O)Nc2cc(C(=O)O)[nH]n2)cc1. The molecule has 0 fully saturated rings. The molecule has 2 aromatic rings. The summed E-state index contributed by atoms with van der Waals surface area (Å²) < 4.78 is 5.43. The number of anilines is 1. The van der Waals surface area contributed by atoms with Crippen LogP contribution in [0.2, 0.25) is 0 Å². The fourth-order valence-corrected chi connectivity index (χ4v) is 1.60. The van der Waals surface area contributed by atoms with E-state index < -0.39 is 5.97 Å². The molecule has 7 nitrogen and oxygen atoms in total. The molecule has 21 heavy (non-hydrogen) atoms. The molecule has 2 rings (SSSR count). The van der Waals surface area contributed by atoms with Crippen molar-refractivity contribution in [2.24, 2.45) is 0 Å². The molecule has 0 aliphatic carbocycles. The molecule has 0 atom stereocenters. The molecular weight excluding hydrogens is 274 g/mol. The number of carboxylic acids is 1. The minimum absolute atomic E-state index is 0.0822. The lowest BCUT2D eigenvalue weighted by Gasteiger charge is -2.06. The fraction of sp³-hybridized carbons (Fsp3) is 0.214. The number of rotatable bonds is 6. The van der Waals surface area contributed by atoms with Crippen molar-refractivity contribution >= 4 is 17.7 Å². The van der Waals surface area contributed by atoms with Crippen molar-refractivity contribution in [3.8, 4) is 5.75 Å². The first-order valence-corrected chi connectivity index (χ1v) is 6.32. The Labute approximate surface area is 120 Å². The van der Waals surface area contributed by atoms with E-state index in [1.165, 1.54) is 6.07 Å². The highest BCUT2D eigenvalue weighted by atomic mass is 16.5. The first kappa shape index (κ1) is 14.6. The number of carbonyl (C=O) groups is 2. The third-order valence-corrected chi connectivity index (χ3v) is 2.69. The third kappa shape index (κ3) is 4.34. The molecule has 1 aromatic carbocycles. The van der Waals surface area contributed by atoms with Gasteiger partial charge < -0.3 is 15.2 Å². The van der Waals surface area contributed by atoms with E-state index in [0.29, 0.717) is 5.75 Å². The van der Waals surface area contributed by atoms with Crippen molar-refractivity contribution < 1.29 is 19.4 Å². The van der Waals surface area contributed by atoms with Gasteiger partial charge in [0.05, 0.1) is 13.0 Å². The summed E-state index contributed by atoms with van der Waals surface area (Å²) in [6, 6.07) is 8.76. The third-order valence-electron chi connectivity index (χ3n) is 2.69. The number of hydrogen-bond acceptors (Lipinski definition) is 4. The van der Waals surface area contributed by atoms with Crippen LogP contribution in [-0.2, 0) is 4.79 Å². The quantitative estimate of drug-likeness (QED) is 0.752. The van der Waals surface area contributed by atoms with E-state index in [4.69, 9.17) is 9.84 Å². The van der Waals surface area contributed by atoms with Crippen LogP contribution in [0.5, 0.6) is 5.75 Å². The number of aromatic nitrogens is 2. The van der Waals surface area contributed by atoms with Crippen molar-refractivity contribution in [2.75, 3.05) is 11.9 Å². The van der Waals surface area contributed by atoms with Gasteiger partial charge in [0, 0.05) is 6.07 Å². The van der Waals surface area contributed by atoms with Gasteiger partial charge in [-0.15, -0.1) is 0 Å². The Morgan fingerprint density at radius 1 is 1.33 bits per heavy atom. The maximum absolute atomic E-state index is 11.6. The van der Waals surface area contributed by atoms with Gasteiger partial charge in [-0.1, -0.05) is 17.7 Å². The number of carbonyl (C=O) groups excluding carboxylic acids is 1. The number of H-pyrrole nitrogens is 1. The van der Waals surface area contributed by atoms with Crippen molar-refractivity contribution in [1.29, 1.82) is 0 Å². The van der Waals surface area contributed by atoms with Crippen molar-refractivity contribution in [3.63, 3.8) is 0 Å². The highest BCUT2D eigenvalue weighted by molar-refractivity contribution is 5.92. The zero-order chi connectivity index (χ0) is 15.2. The molecule has 0 aliphatic heterocycles. The topological polar surface area (TPSA) is 104 Å². The molecule has 0 spiro atoms. The van der Waals surface area contributed by atoms with Crippen LogP contribution in [0.15, 0.2) is 30.3 Å². The molecule has 0 radical (unpaired) electrons. The number of aromatic amines is 1. The zero-order valence-corrected chi connectivity index (χ0v) is 11.4. The standard InChI is InChI=1S/C14H15N3O4/c1-9-2-4-10(5-3-9)21-7-6-13(18)15-12-8-11(14(19)20)16-17-12/h2-5,8H,6-7H2,1H3,(H,19,20)(H2,15,16,17,18). The van der Waals surface area contributed by atoms with E-state index in [-0.39, 0.29) is 30.4 Å². The number of carboxylic acid groups (broad SMARTS) is 1. The number of hydrogen-bond donors (Lipinski definition) is 3. The second-order valence-corrected chi connectivity index (χ2v) is 4.43. The summed E-state index contributed by atoms with van der Waals surface area (Å²) in [6.45, 7) is 2.21. The molecule has 1 amide bonds. The Morgan fingerprint density at radius 3 is 2.67 bits per heavy atom. The molecule has 1 aromatic heterocycles. The number of nitrogens with zero attached hydrogens (tertiary/aromatic N) is 1. The average Bonchev–Trinajstić information content (AvgIpc) is 2.90. The van der Waals surface area contributed by atoms with Gasteiger partial charge >= 0.3 is 5.97 Å². The van der Waals surface area contributed by atoms with E-state index in [1.54, 1.807) is 0 Å². The second-order valence-electron chi connectivity index (χ2n) is 4.43. The minimum atomic E-state index is -1.13. The normalized spacial score (nSPS) is 10.1. The van der Waals surface area contributed by atoms with Crippen molar-refractivity contribution in [3.05, 3.63) is 41.6 Å². The minimum Gasteiger partial charge on any atom is -0.493 e. The van der Waals surface area contributed by atoms with Crippen LogP contribution in [0.25, 0.3) is 0 Å². The van der Waals surface area contributed by atoms with Crippen LogP contribution < -0.4 is 10.1 Å². The van der Waals surface area contributed by atoms with Gasteiger partial charge in [-0.2, -0.15) is 5.10 Å². The monoisotopic (exact) mass is 289 g/mol. The predicted octanol–water partition coefficient (Wildman–Crippen LogP) is 1.82. The average molecular weight is 289 g/mol. The zero-order valence-electron chi connectivity index (χ0n) is 11.4. The number of ether oxygens (including phenoxy) is 1. The largest absolute Gasteiger partial charge is 0.493 e. The fourth-order valence-electron chi connectivity index (χ4n) is 1.60. The van der Waals surface area contributed by atoms with Crippen LogP contribution in [0.4, 0.5) is 5.82 Å². The number of aromatic carboxylic acids is 1. The van der Waals surface area contributed by atoms with E-state index >= 15 is 0 Å². The second kappa shape index (κ2) is 6.56. The Kier molecular flexibility index (Phi) is 4.55. The maximum Gasteiger partial charge on any atom is 0.353 e. The Balaban J connectivity index is 1.76. The molecule has 1 heterocycles. The molecule has 0 unspecified atom stereocenters. The van der Waals surface area contributed by atoms with Crippen molar-refractivity contribution in [2.45, 2.75) is 13.3 Å². The summed E-state index contributed by atoms with van der Waals surface area (Å²) >= 11 is 0. The van der Waals surface area contributed by atoms with E-state index in [2.05, 4.69) is 15.5 Å². The van der Waals surface area contributed by atoms with Gasteiger partial charge in [0.2, 0.25) is 5.91 Å². The number of nitrogens with one attached hydrogen (secondary N) is 2. The summed E-state index contributed by atoms with van der Waals surface area (Å²) in [5.41, 5.74) is 1.05. The van der Waals surface area contributed by atoms with Crippen molar-refractivity contribution in [1.82, 2.24) is 10.2 Å². The van der Waals surface area contributed by atoms with Gasteiger partial charge in [0.1, 0.15) is 11.4 Å². The number of amides is 1. The lowest BCUT2D eigenvalue weighted by atomic mass is 10.2. The van der Waals surface area contributed by atoms with Crippen LogP contribution in [0.1, 0.15) is 22.5 Å². The predicted molar refractivity (Wildman–Crippen MR) is 75.5 cm³/mol. The Morgan fingerprint density at radius 2 is 2.05 bits per heavy atom. The van der Waals surface area contributed by atoms with Gasteiger partial charge in [0.15, 0.2) is 5.82 Å². The molecular formula is C14H15N3O4. The molecule has 110 valence electrons.